The first-order valence-corrected chi connectivity index (χ1v) is 17.5. The fourth-order valence-corrected chi connectivity index (χ4v) is 7.52. The van der Waals surface area contributed by atoms with Crippen molar-refractivity contribution in [3.05, 3.63) is 107 Å². The molecular formula is C40H46FN3O5. The minimum Gasteiger partial charge on any atom is -0.461 e. The second-order valence-corrected chi connectivity index (χ2v) is 13.5. The summed E-state index contributed by atoms with van der Waals surface area (Å²) in [5, 5.41) is 0.811. The predicted molar refractivity (Wildman–Crippen MR) is 187 cm³/mol. The van der Waals surface area contributed by atoms with E-state index in [1.165, 1.54) is 0 Å². The maximum absolute atomic E-state index is 14.2. The van der Waals surface area contributed by atoms with Gasteiger partial charge in [-0.1, -0.05) is 66.7 Å². The monoisotopic (exact) mass is 667 g/mol. The van der Waals surface area contributed by atoms with Crippen molar-refractivity contribution in [1.82, 2.24) is 9.88 Å². The topological polar surface area (TPSA) is 115 Å². The van der Waals surface area contributed by atoms with Crippen LogP contribution in [0.3, 0.4) is 0 Å². The van der Waals surface area contributed by atoms with E-state index in [-0.39, 0.29) is 42.5 Å². The molecule has 2 aliphatic rings. The molecule has 0 bridgehead atoms. The summed E-state index contributed by atoms with van der Waals surface area (Å²) >= 11 is 0. The number of aromatic nitrogens is 1. The Balaban J connectivity index is 1.08. The standard InChI is InChI=1S/C40H46FN3O5/c41-25-34(42)30-13-15-31(16-14-30)39(46)44-19-18-33(29-10-5-2-6-11-29)38(44)37(45)23-28-12-17-35-32(22-28)24-36(43-35)40(47)49-21-7-20-48-26-27-8-3-1-4-9-27/h1-6,8-12,17,22,24,30-31,33-34,38,43H,7,13-16,18-21,23,25-26,42H2/t30?,31?,33-,34-,38+/m1/s1. The number of esters is 1. The highest BCUT2D eigenvalue weighted by Crippen LogP contribution is 2.38. The van der Waals surface area contributed by atoms with Gasteiger partial charge in [-0.3, -0.25) is 9.59 Å². The van der Waals surface area contributed by atoms with Crippen LogP contribution in [0.2, 0.25) is 0 Å². The lowest BCUT2D eigenvalue weighted by Crippen LogP contribution is -2.47. The molecule has 1 saturated heterocycles. The summed E-state index contributed by atoms with van der Waals surface area (Å²) in [6.07, 6.45) is 4.26. The van der Waals surface area contributed by atoms with Crippen LogP contribution >= 0.6 is 0 Å². The molecule has 1 aliphatic heterocycles. The SMILES string of the molecule is N[C@H](CF)C1CCC(C(=O)N2CC[C@H](c3ccccc3)[C@H]2C(=O)Cc2ccc3[nH]c(C(=O)OCCCOCc4ccccc4)cc3c2)CC1. The number of ether oxygens (including phenoxy) is 2. The van der Waals surface area contributed by atoms with Crippen LogP contribution in [-0.2, 0) is 32.1 Å². The molecular weight excluding hydrogens is 621 g/mol. The van der Waals surface area contributed by atoms with E-state index in [9.17, 15) is 18.8 Å². The summed E-state index contributed by atoms with van der Waals surface area (Å²) in [6, 6.07) is 26.3. The lowest BCUT2D eigenvalue weighted by molar-refractivity contribution is -0.142. The van der Waals surface area contributed by atoms with Crippen molar-refractivity contribution in [3.8, 4) is 0 Å². The fourth-order valence-electron chi connectivity index (χ4n) is 7.52. The van der Waals surface area contributed by atoms with Crippen molar-refractivity contribution < 1.29 is 28.2 Å². The third-order valence-corrected chi connectivity index (χ3v) is 10.2. The van der Waals surface area contributed by atoms with Gasteiger partial charge in [0.1, 0.15) is 12.4 Å². The minimum atomic E-state index is -0.565. The lowest BCUT2D eigenvalue weighted by Gasteiger charge is -2.35. The Hall–Kier alpha value is -4.34. The maximum Gasteiger partial charge on any atom is 0.354 e. The average molecular weight is 668 g/mol. The number of carbonyl (C=O) groups excluding carboxylic acids is 3. The number of carbonyl (C=O) groups is 3. The van der Waals surface area contributed by atoms with Crippen molar-refractivity contribution in [2.45, 2.75) is 69.6 Å². The number of halogens is 1. The molecule has 0 radical (unpaired) electrons. The zero-order valence-electron chi connectivity index (χ0n) is 27.9. The fraction of sp³-hybridized carbons (Fsp3) is 0.425. The summed E-state index contributed by atoms with van der Waals surface area (Å²) < 4.78 is 24.3. The molecule has 49 heavy (non-hydrogen) atoms. The van der Waals surface area contributed by atoms with Gasteiger partial charge in [0.05, 0.1) is 25.9 Å². The molecule has 6 rings (SSSR count). The van der Waals surface area contributed by atoms with E-state index in [4.69, 9.17) is 15.2 Å². The van der Waals surface area contributed by atoms with Crippen LogP contribution in [0.4, 0.5) is 4.39 Å². The number of benzene rings is 3. The van der Waals surface area contributed by atoms with E-state index in [2.05, 4.69) is 4.98 Å². The van der Waals surface area contributed by atoms with Crippen molar-refractivity contribution in [2.24, 2.45) is 17.6 Å². The maximum atomic E-state index is 14.2. The van der Waals surface area contributed by atoms with Crippen molar-refractivity contribution in [2.75, 3.05) is 26.4 Å². The van der Waals surface area contributed by atoms with Crippen LogP contribution in [0.1, 0.15) is 71.6 Å². The summed E-state index contributed by atoms with van der Waals surface area (Å²) in [7, 11) is 0. The minimum absolute atomic E-state index is 0.00292. The number of alkyl halides is 1. The van der Waals surface area contributed by atoms with Crippen molar-refractivity contribution in [1.29, 1.82) is 0 Å². The molecule has 1 amide bonds. The van der Waals surface area contributed by atoms with E-state index in [0.717, 1.165) is 46.9 Å². The van der Waals surface area contributed by atoms with Crippen LogP contribution in [0.15, 0.2) is 84.9 Å². The Morgan fingerprint density at radius 2 is 1.61 bits per heavy atom. The van der Waals surface area contributed by atoms with Crippen molar-refractivity contribution in [3.63, 3.8) is 0 Å². The molecule has 9 heteroatoms. The van der Waals surface area contributed by atoms with Crippen LogP contribution < -0.4 is 5.73 Å². The Morgan fingerprint density at radius 3 is 2.35 bits per heavy atom. The van der Waals surface area contributed by atoms with Gasteiger partial charge in [-0.15, -0.1) is 0 Å². The lowest BCUT2D eigenvalue weighted by atomic mass is 9.78. The van der Waals surface area contributed by atoms with Gasteiger partial charge in [-0.2, -0.15) is 0 Å². The molecule has 0 spiro atoms. The van der Waals surface area contributed by atoms with Crippen LogP contribution in [0, 0.1) is 11.8 Å². The number of nitrogens with zero attached hydrogens (tertiary/aromatic N) is 1. The first-order valence-electron chi connectivity index (χ1n) is 17.5. The van der Waals surface area contributed by atoms with E-state index in [1.807, 2.05) is 83.8 Å². The highest BCUT2D eigenvalue weighted by Gasteiger charge is 2.44. The molecule has 8 nitrogen and oxygen atoms in total. The normalized spacial score (nSPS) is 21.5. The zero-order valence-corrected chi connectivity index (χ0v) is 27.9. The number of nitrogens with two attached hydrogens (primary N) is 1. The number of hydrogen-bond donors (Lipinski definition) is 2. The molecule has 3 aromatic carbocycles. The first kappa shape index (κ1) is 34.5. The highest BCUT2D eigenvalue weighted by molar-refractivity contribution is 5.96. The second kappa shape index (κ2) is 16.4. The van der Waals surface area contributed by atoms with Gasteiger partial charge in [0, 0.05) is 48.2 Å². The number of ketones is 1. The van der Waals surface area contributed by atoms with Crippen LogP contribution in [0.5, 0.6) is 0 Å². The third-order valence-electron chi connectivity index (χ3n) is 10.2. The number of rotatable bonds is 14. The Kier molecular flexibility index (Phi) is 11.5. The molecule has 258 valence electrons. The van der Waals surface area contributed by atoms with Crippen LogP contribution in [-0.4, -0.2) is 66.1 Å². The smallest absolute Gasteiger partial charge is 0.354 e. The largest absolute Gasteiger partial charge is 0.461 e. The number of H-pyrrole nitrogens is 1. The Bertz CT molecular complexity index is 1700. The molecule has 2 fully saturated rings. The summed E-state index contributed by atoms with van der Waals surface area (Å²) in [6.45, 7) is 1.23. The molecule has 1 aliphatic carbocycles. The summed E-state index contributed by atoms with van der Waals surface area (Å²) in [5.74, 6) is -0.590. The van der Waals surface area contributed by atoms with Gasteiger partial charge in [-0.05, 0) is 72.9 Å². The first-order chi connectivity index (χ1) is 23.9. The Labute approximate surface area is 287 Å². The van der Waals surface area contributed by atoms with E-state index in [0.29, 0.717) is 44.7 Å². The number of likely N-dealkylation sites (tertiary alicyclic amines) is 1. The van der Waals surface area contributed by atoms with Gasteiger partial charge >= 0.3 is 5.97 Å². The third kappa shape index (κ3) is 8.46. The van der Waals surface area contributed by atoms with Gasteiger partial charge < -0.3 is 25.1 Å². The number of Topliss-reactive ketones (excluding diaryl/α,β-unsaturated/α-hetero) is 1. The molecule has 3 atom stereocenters. The quantitative estimate of drug-likeness (QED) is 0.117. The molecule has 1 saturated carbocycles. The highest BCUT2D eigenvalue weighted by atomic mass is 19.1. The zero-order chi connectivity index (χ0) is 34.2. The average Bonchev–Trinajstić information content (AvgIpc) is 3.78. The number of aromatic amines is 1. The van der Waals surface area contributed by atoms with Gasteiger partial charge in [0.2, 0.25) is 5.91 Å². The molecule has 0 unspecified atom stereocenters. The second-order valence-electron chi connectivity index (χ2n) is 13.5. The summed E-state index contributed by atoms with van der Waals surface area (Å²) in [5.41, 5.74) is 10.1. The van der Waals surface area contributed by atoms with E-state index < -0.39 is 24.7 Å². The van der Waals surface area contributed by atoms with E-state index >= 15 is 0 Å². The van der Waals surface area contributed by atoms with Crippen LogP contribution in [0.25, 0.3) is 10.9 Å². The molecule has 2 heterocycles. The Morgan fingerprint density at radius 1 is 0.878 bits per heavy atom. The van der Waals surface area contributed by atoms with Gasteiger partial charge in [0.15, 0.2) is 5.78 Å². The molecule has 3 N–H and O–H groups in total. The van der Waals surface area contributed by atoms with E-state index in [1.54, 1.807) is 6.07 Å². The number of fused-ring (bicyclic) bond motifs is 1. The number of amides is 1. The molecule has 4 aromatic rings. The number of nitrogens with one attached hydrogen (secondary N) is 1. The van der Waals surface area contributed by atoms with Gasteiger partial charge in [-0.25, -0.2) is 9.18 Å². The molecule has 1 aromatic heterocycles. The number of hydrogen-bond acceptors (Lipinski definition) is 6. The summed E-state index contributed by atoms with van der Waals surface area (Å²) in [4.78, 5) is 45.8. The predicted octanol–water partition coefficient (Wildman–Crippen LogP) is 6.53. The van der Waals surface area contributed by atoms with Crippen molar-refractivity contribution >= 4 is 28.6 Å². The van der Waals surface area contributed by atoms with Gasteiger partial charge in [0.25, 0.3) is 0 Å².